The first-order chi connectivity index (χ1) is 21.7. The number of carboxylic acid groups (broad SMARTS) is 1. The number of nitrogens with one attached hydrogen (secondary N) is 2. The quantitative estimate of drug-likeness (QED) is 0.321. The molecule has 5 rings (SSSR count). The van der Waals surface area contributed by atoms with Crippen molar-refractivity contribution in [2.24, 2.45) is 5.92 Å². The van der Waals surface area contributed by atoms with Gasteiger partial charge < -0.3 is 39.6 Å². The molecule has 254 valence electrons. The highest BCUT2D eigenvalue weighted by Crippen LogP contribution is 2.40. The Labute approximate surface area is 270 Å². The zero-order valence-electron chi connectivity index (χ0n) is 27.8. The van der Waals surface area contributed by atoms with Gasteiger partial charge in [0.1, 0.15) is 5.60 Å². The Kier molecular flexibility index (Phi) is 10.0. The van der Waals surface area contributed by atoms with Crippen molar-refractivity contribution in [1.82, 2.24) is 20.1 Å². The van der Waals surface area contributed by atoms with Crippen molar-refractivity contribution < 1.29 is 38.8 Å². The zero-order valence-corrected chi connectivity index (χ0v) is 27.8. The molecule has 5 atom stereocenters. The first-order valence-corrected chi connectivity index (χ1v) is 16.5. The van der Waals surface area contributed by atoms with E-state index in [1.54, 1.807) is 4.90 Å². The molecule has 3 fully saturated rings. The van der Waals surface area contributed by atoms with Crippen LogP contribution >= 0.6 is 0 Å². The second-order valence-electron chi connectivity index (χ2n) is 14.4. The van der Waals surface area contributed by atoms with Crippen molar-refractivity contribution in [3.05, 3.63) is 35.5 Å². The van der Waals surface area contributed by atoms with Crippen molar-refractivity contribution in [1.29, 1.82) is 0 Å². The number of likely N-dealkylation sites (tertiary alicyclic amines) is 1. The number of amides is 2. The Morgan fingerprint density at radius 3 is 2.74 bits per heavy atom. The van der Waals surface area contributed by atoms with Gasteiger partial charge in [-0.1, -0.05) is 6.92 Å². The Morgan fingerprint density at radius 1 is 1.22 bits per heavy atom. The lowest BCUT2D eigenvalue weighted by Gasteiger charge is -2.48. The van der Waals surface area contributed by atoms with Gasteiger partial charge in [-0.2, -0.15) is 0 Å². The van der Waals surface area contributed by atoms with Crippen molar-refractivity contribution in [3.63, 3.8) is 0 Å². The summed E-state index contributed by atoms with van der Waals surface area (Å²) in [5.74, 6) is -1.52. The molecule has 0 aliphatic carbocycles. The van der Waals surface area contributed by atoms with Gasteiger partial charge in [-0.25, -0.2) is 9.59 Å². The van der Waals surface area contributed by atoms with E-state index in [4.69, 9.17) is 14.2 Å². The molecule has 12 heteroatoms. The van der Waals surface area contributed by atoms with Gasteiger partial charge in [0.15, 0.2) is 5.60 Å². The summed E-state index contributed by atoms with van der Waals surface area (Å²) in [5.41, 5.74) is 0.0333. The van der Waals surface area contributed by atoms with Gasteiger partial charge in [0, 0.05) is 68.2 Å². The molecular weight excluding hydrogens is 592 g/mol. The molecule has 4 heterocycles. The molecule has 1 aromatic heterocycles. The van der Waals surface area contributed by atoms with Gasteiger partial charge in [-0.05, 0) is 76.6 Å². The summed E-state index contributed by atoms with van der Waals surface area (Å²) in [5, 5.41) is 25.2. The highest BCUT2D eigenvalue weighted by molar-refractivity contribution is 5.99. The number of aromatic nitrogens is 1. The minimum atomic E-state index is -1.42. The Balaban J connectivity index is 1.19. The van der Waals surface area contributed by atoms with Crippen LogP contribution in [0.15, 0.2) is 24.4 Å². The molecule has 4 N–H and O–H groups in total. The monoisotopic (exact) mass is 642 g/mol. The maximum Gasteiger partial charge on any atom is 0.410 e. The van der Waals surface area contributed by atoms with E-state index in [2.05, 4.69) is 15.2 Å². The van der Waals surface area contributed by atoms with Crippen LogP contribution in [0.25, 0.3) is 10.9 Å². The lowest BCUT2D eigenvalue weighted by Crippen LogP contribution is -2.61. The highest BCUT2D eigenvalue weighted by atomic mass is 16.6. The molecule has 0 radical (unpaired) electrons. The molecule has 3 aliphatic rings. The molecular formula is C34H50N4O8. The third-order valence-electron chi connectivity index (χ3n) is 9.89. The van der Waals surface area contributed by atoms with Crippen molar-refractivity contribution in [3.8, 4) is 0 Å². The van der Waals surface area contributed by atoms with Crippen LogP contribution in [-0.4, -0.2) is 118 Å². The van der Waals surface area contributed by atoms with Gasteiger partial charge in [-0.3, -0.25) is 9.69 Å². The van der Waals surface area contributed by atoms with E-state index in [-0.39, 0.29) is 37.3 Å². The SMILES string of the molecule is Cc1cc(C(=O)NC[C@@H](O)C[C@H]2CC[C@H](C)[C@](CCN3CCOC[C@@]34CCN(C(=O)OC(C)(C)C)C4)(C(=O)O)O2)cc2cc[nH]c12. The molecule has 1 aromatic carbocycles. The van der Waals surface area contributed by atoms with Crippen LogP contribution in [0.3, 0.4) is 0 Å². The smallest absolute Gasteiger partial charge is 0.410 e. The molecule has 3 aliphatic heterocycles. The number of fused-ring (bicyclic) bond motifs is 1. The molecule has 0 saturated carbocycles. The number of aryl methyl sites for hydroxylation is 1. The molecule has 46 heavy (non-hydrogen) atoms. The molecule has 1 spiro atoms. The zero-order chi connectivity index (χ0) is 33.3. The van der Waals surface area contributed by atoms with Gasteiger partial charge in [-0.15, -0.1) is 0 Å². The van der Waals surface area contributed by atoms with Gasteiger partial charge in [0.2, 0.25) is 0 Å². The van der Waals surface area contributed by atoms with E-state index >= 15 is 0 Å². The van der Waals surface area contributed by atoms with Gasteiger partial charge >= 0.3 is 12.1 Å². The lowest BCUT2D eigenvalue weighted by atomic mass is 9.78. The predicted octanol–water partition coefficient (Wildman–Crippen LogP) is 3.70. The number of aromatic amines is 1. The summed E-state index contributed by atoms with van der Waals surface area (Å²) in [6.45, 7) is 12.5. The molecule has 12 nitrogen and oxygen atoms in total. The number of H-pyrrole nitrogens is 1. The molecule has 2 amide bonds. The van der Waals surface area contributed by atoms with Crippen LogP contribution in [-0.2, 0) is 19.0 Å². The standard InChI is InChI=1S/C34H50N4O8/c1-22-16-25(17-24-8-11-35-28(22)24)29(40)36-19-26(39)18-27-7-6-23(2)34(45-27,30(41)42)10-13-38-14-15-44-21-33(38)9-12-37(20-33)31(43)46-32(3,4)5/h8,11,16-17,23,26-27,35,39H,6-7,9-10,12-15,18-21H2,1-5H3,(H,36,40)(H,41,42)/t23-,26-,27+,33-,34+/m0/s1. The van der Waals surface area contributed by atoms with Gasteiger partial charge in [0.05, 0.1) is 31.0 Å². The number of ether oxygens (including phenoxy) is 3. The highest BCUT2D eigenvalue weighted by Gasteiger charge is 2.52. The average Bonchev–Trinajstić information content (AvgIpc) is 3.64. The number of aliphatic carboxylic acids is 1. The van der Waals surface area contributed by atoms with Gasteiger partial charge in [0.25, 0.3) is 5.91 Å². The average molecular weight is 643 g/mol. The van der Waals surface area contributed by atoms with Crippen LogP contribution in [0.5, 0.6) is 0 Å². The number of carboxylic acids is 1. The maximum absolute atomic E-state index is 12.9. The van der Waals surface area contributed by atoms with E-state index < -0.39 is 34.9 Å². The van der Waals surface area contributed by atoms with E-state index in [0.717, 1.165) is 16.5 Å². The second kappa shape index (κ2) is 13.5. The topological polar surface area (TPSA) is 154 Å². The summed E-state index contributed by atoms with van der Waals surface area (Å²) in [6.07, 6.45) is 2.57. The largest absolute Gasteiger partial charge is 0.479 e. The Hall–Kier alpha value is -3.19. The third-order valence-corrected chi connectivity index (χ3v) is 9.89. The number of hydrogen-bond acceptors (Lipinski definition) is 8. The van der Waals surface area contributed by atoms with Crippen LogP contribution in [0.4, 0.5) is 4.79 Å². The molecule has 0 bridgehead atoms. The lowest BCUT2D eigenvalue weighted by molar-refractivity contribution is -0.204. The number of hydrogen-bond donors (Lipinski definition) is 4. The fraction of sp³-hybridized carbons (Fsp3) is 0.676. The summed E-state index contributed by atoms with van der Waals surface area (Å²) in [4.78, 5) is 45.7. The van der Waals surface area contributed by atoms with Crippen molar-refractivity contribution in [2.45, 2.75) is 95.7 Å². The van der Waals surface area contributed by atoms with Crippen LogP contribution in [0.2, 0.25) is 0 Å². The van der Waals surface area contributed by atoms with Crippen LogP contribution in [0.1, 0.15) is 75.7 Å². The molecule has 3 saturated heterocycles. The number of rotatable bonds is 9. The summed E-state index contributed by atoms with van der Waals surface area (Å²) in [7, 11) is 0. The summed E-state index contributed by atoms with van der Waals surface area (Å²) >= 11 is 0. The van der Waals surface area contributed by atoms with Crippen LogP contribution < -0.4 is 5.32 Å². The number of benzene rings is 1. The van der Waals surface area contributed by atoms with E-state index in [1.165, 1.54) is 0 Å². The fourth-order valence-electron chi connectivity index (χ4n) is 7.30. The number of morpholine rings is 1. The van der Waals surface area contributed by atoms with E-state index in [1.807, 2.05) is 59.0 Å². The summed E-state index contributed by atoms with van der Waals surface area (Å²) < 4.78 is 17.9. The van der Waals surface area contributed by atoms with E-state index in [9.17, 15) is 24.6 Å². The normalized spacial score (nSPS) is 28.0. The van der Waals surface area contributed by atoms with Crippen molar-refractivity contribution >= 4 is 28.9 Å². The van der Waals surface area contributed by atoms with E-state index in [0.29, 0.717) is 64.2 Å². The number of carbonyl (C=O) groups excluding carboxylic acids is 2. The first-order valence-electron chi connectivity index (χ1n) is 16.5. The molecule has 0 unspecified atom stereocenters. The Bertz CT molecular complexity index is 1420. The fourth-order valence-corrected chi connectivity index (χ4v) is 7.30. The minimum Gasteiger partial charge on any atom is -0.479 e. The van der Waals surface area contributed by atoms with Crippen molar-refractivity contribution in [2.75, 3.05) is 45.9 Å². The third kappa shape index (κ3) is 7.35. The second-order valence-corrected chi connectivity index (χ2v) is 14.4. The number of aliphatic hydroxyl groups is 1. The number of nitrogens with zero attached hydrogens (tertiary/aromatic N) is 2. The maximum atomic E-state index is 12.9. The number of aliphatic hydroxyl groups excluding tert-OH is 1. The Morgan fingerprint density at radius 2 is 2.00 bits per heavy atom. The predicted molar refractivity (Wildman–Crippen MR) is 172 cm³/mol. The summed E-state index contributed by atoms with van der Waals surface area (Å²) in [6, 6.07) is 5.54. The van der Waals surface area contributed by atoms with Crippen LogP contribution in [0, 0.1) is 12.8 Å². The molecule has 2 aromatic rings. The minimum absolute atomic E-state index is 0.0307. The first kappa shape index (κ1) is 34.2. The number of carbonyl (C=O) groups is 3.